The summed E-state index contributed by atoms with van der Waals surface area (Å²) >= 11 is 1.34. The third-order valence-electron chi connectivity index (χ3n) is 4.94. The molecule has 0 spiro atoms. The quantitative estimate of drug-likeness (QED) is 0.315. The Balaban J connectivity index is 0.00000363. The van der Waals surface area contributed by atoms with Crippen LogP contribution in [0.4, 0.5) is 9.52 Å². The summed E-state index contributed by atoms with van der Waals surface area (Å²) in [4.78, 5) is 21.5. The second-order valence-corrected chi connectivity index (χ2v) is 8.79. The number of aromatic nitrogens is 1. The van der Waals surface area contributed by atoms with Gasteiger partial charge in [0.15, 0.2) is 5.13 Å². The summed E-state index contributed by atoms with van der Waals surface area (Å²) in [5.41, 5.74) is 0.870. The zero-order valence-corrected chi connectivity index (χ0v) is 20.5. The molecular weight excluding hydrogens is 449 g/mol. The molecule has 0 radical (unpaired) electrons. The van der Waals surface area contributed by atoms with Crippen molar-refractivity contribution in [1.29, 1.82) is 0 Å². The van der Waals surface area contributed by atoms with Crippen molar-refractivity contribution in [3.8, 4) is 5.75 Å². The van der Waals surface area contributed by atoms with Crippen LogP contribution in [0.1, 0.15) is 43.0 Å². The Kier molecular flexibility index (Phi) is 10.4. The molecule has 8 heteroatoms. The van der Waals surface area contributed by atoms with Crippen molar-refractivity contribution < 1.29 is 13.9 Å². The van der Waals surface area contributed by atoms with Gasteiger partial charge in [0, 0.05) is 12.1 Å². The monoisotopic (exact) mass is 479 g/mol. The third kappa shape index (κ3) is 6.89. The lowest BCUT2D eigenvalue weighted by Gasteiger charge is -2.21. The molecule has 3 rings (SSSR count). The summed E-state index contributed by atoms with van der Waals surface area (Å²) in [7, 11) is 4.00. The fraction of sp³-hybridized carbons (Fsp3) is 0.417. The molecule has 0 aliphatic carbocycles. The molecule has 3 aromatic rings. The number of fused-ring (bicyclic) bond motifs is 1. The molecule has 0 bridgehead atoms. The summed E-state index contributed by atoms with van der Waals surface area (Å²) in [6, 6.07) is 12.1. The van der Waals surface area contributed by atoms with E-state index in [0.29, 0.717) is 29.4 Å². The number of carbonyl (C=O) groups is 1. The molecule has 32 heavy (non-hydrogen) atoms. The summed E-state index contributed by atoms with van der Waals surface area (Å²) < 4.78 is 20.6. The van der Waals surface area contributed by atoms with Gasteiger partial charge in [-0.05, 0) is 69.9 Å². The lowest BCUT2D eigenvalue weighted by molar-refractivity contribution is 0.0986. The first-order valence-electron chi connectivity index (χ1n) is 10.7. The van der Waals surface area contributed by atoms with Crippen molar-refractivity contribution in [3.63, 3.8) is 0 Å². The van der Waals surface area contributed by atoms with Crippen molar-refractivity contribution in [2.45, 2.75) is 32.6 Å². The second kappa shape index (κ2) is 12.7. The van der Waals surface area contributed by atoms with E-state index in [1.807, 2.05) is 32.3 Å². The highest BCUT2D eigenvalue weighted by Gasteiger charge is 2.22. The highest BCUT2D eigenvalue weighted by molar-refractivity contribution is 7.22. The number of hydrogen-bond donors (Lipinski definition) is 0. The van der Waals surface area contributed by atoms with Crippen molar-refractivity contribution >= 4 is 45.0 Å². The molecule has 174 valence electrons. The van der Waals surface area contributed by atoms with E-state index in [-0.39, 0.29) is 24.1 Å². The molecule has 0 aliphatic rings. The lowest BCUT2D eigenvalue weighted by atomic mass is 10.2. The first-order valence-corrected chi connectivity index (χ1v) is 11.6. The molecule has 0 aliphatic heterocycles. The standard InChI is InChI=1S/C24H30FN3O2S.ClH/c1-4-5-6-17-30-19-13-11-18(12-14-19)23(29)28(16-8-15-27(2)3)24-26-22-20(25)9-7-10-21(22)31-24;/h7,9-14H,4-6,8,15-17H2,1-3H3;1H. The van der Waals surface area contributed by atoms with E-state index in [2.05, 4.69) is 16.8 Å². The van der Waals surface area contributed by atoms with Crippen molar-refractivity contribution in [3.05, 3.63) is 53.8 Å². The van der Waals surface area contributed by atoms with E-state index in [1.165, 1.54) is 17.4 Å². The smallest absolute Gasteiger partial charge is 0.260 e. The number of benzene rings is 2. The van der Waals surface area contributed by atoms with E-state index in [0.717, 1.165) is 42.7 Å². The zero-order valence-electron chi connectivity index (χ0n) is 18.8. The Bertz CT molecular complexity index is 995. The van der Waals surface area contributed by atoms with Crippen LogP contribution >= 0.6 is 23.7 Å². The molecular formula is C24H31ClFN3O2S. The molecule has 2 aromatic carbocycles. The number of thiazole rings is 1. The van der Waals surface area contributed by atoms with Gasteiger partial charge < -0.3 is 9.64 Å². The number of nitrogens with zero attached hydrogens (tertiary/aromatic N) is 3. The van der Waals surface area contributed by atoms with Crippen molar-refractivity contribution in [2.75, 3.05) is 38.7 Å². The molecule has 1 amide bonds. The number of rotatable bonds is 11. The van der Waals surface area contributed by atoms with Crippen LogP contribution < -0.4 is 9.64 Å². The van der Waals surface area contributed by atoms with Crippen LogP contribution in [0, 0.1) is 5.82 Å². The van der Waals surface area contributed by atoms with E-state index < -0.39 is 0 Å². The number of hydrogen-bond acceptors (Lipinski definition) is 5. The molecule has 0 saturated carbocycles. The fourth-order valence-electron chi connectivity index (χ4n) is 3.24. The van der Waals surface area contributed by atoms with Crippen molar-refractivity contribution in [1.82, 2.24) is 9.88 Å². The number of para-hydroxylation sites is 1. The molecule has 0 unspecified atom stereocenters. The van der Waals surface area contributed by atoms with Crippen LogP contribution in [0.5, 0.6) is 5.75 Å². The van der Waals surface area contributed by atoms with Gasteiger partial charge in [-0.1, -0.05) is 37.2 Å². The zero-order chi connectivity index (χ0) is 22.2. The number of anilines is 1. The molecule has 0 N–H and O–H groups in total. The minimum Gasteiger partial charge on any atom is -0.494 e. The Morgan fingerprint density at radius 2 is 1.81 bits per heavy atom. The Labute approximate surface area is 199 Å². The van der Waals surface area contributed by atoms with E-state index in [1.54, 1.807) is 23.1 Å². The molecule has 0 fully saturated rings. The van der Waals surface area contributed by atoms with Crippen LogP contribution in [-0.4, -0.2) is 49.6 Å². The Hall–Kier alpha value is -2.22. The maximum absolute atomic E-state index is 14.2. The minimum absolute atomic E-state index is 0. The van der Waals surface area contributed by atoms with E-state index in [9.17, 15) is 9.18 Å². The molecule has 1 aromatic heterocycles. The average Bonchev–Trinajstić information content (AvgIpc) is 3.19. The summed E-state index contributed by atoms with van der Waals surface area (Å²) in [5, 5.41) is 0.517. The first kappa shape index (κ1) is 26.0. The van der Waals surface area contributed by atoms with Gasteiger partial charge >= 0.3 is 0 Å². The van der Waals surface area contributed by atoms with Crippen LogP contribution in [-0.2, 0) is 0 Å². The maximum atomic E-state index is 14.2. The normalized spacial score (nSPS) is 10.9. The molecule has 5 nitrogen and oxygen atoms in total. The number of ether oxygens (including phenoxy) is 1. The van der Waals surface area contributed by atoms with Crippen LogP contribution in [0.3, 0.4) is 0 Å². The van der Waals surface area contributed by atoms with Gasteiger partial charge in [-0.25, -0.2) is 9.37 Å². The number of amides is 1. The van der Waals surface area contributed by atoms with Gasteiger partial charge in [0.25, 0.3) is 5.91 Å². The Morgan fingerprint density at radius 1 is 1.06 bits per heavy atom. The molecule has 0 saturated heterocycles. The van der Waals surface area contributed by atoms with E-state index >= 15 is 0 Å². The second-order valence-electron chi connectivity index (χ2n) is 7.78. The number of unbranched alkanes of at least 4 members (excludes halogenated alkanes) is 2. The van der Waals surface area contributed by atoms with Gasteiger partial charge in [-0.15, -0.1) is 12.4 Å². The van der Waals surface area contributed by atoms with Crippen LogP contribution in [0.2, 0.25) is 0 Å². The summed E-state index contributed by atoms with van der Waals surface area (Å²) in [6.07, 6.45) is 4.10. The predicted octanol–water partition coefficient (Wildman–Crippen LogP) is 6.02. The molecule has 1 heterocycles. The number of halogens is 2. The van der Waals surface area contributed by atoms with Crippen LogP contribution in [0.15, 0.2) is 42.5 Å². The highest BCUT2D eigenvalue weighted by Crippen LogP contribution is 2.31. The summed E-state index contributed by atoms with van der Waals surface area (Å²) in [6.45, 7) is 4.18. The topological polar surface area (TPSA) is 45.7 Å². The maximum Gasteiger partial charge on any atom is 0.260 e. The van der Waals surface area contributed by atoms with Crippen molar-refractivity contribution in [2.24, 2.45) is 0 Å². The largest absolute Gasteiger partial charge is 0.494 e. The average molecular weight is 480 g/mol. The van der Waals surface area contributed by atoms with E-state index in [4.69, 9.17) is 4.74 Å². The van der Waals surface area contributed by atoms with Gasteiger partial charge in [0.05, 0.1) is 11.3 Å². The van der Waals surface area contributed by atoms with Gasteiger partial charge in [-0.3, -0.25) is 9.69 Å². The molecule has 0 atom stereocenters. The van der Waals surface area contributed by atoms with Gasteiger partial charge in [0.1, 0.15) is 17.1 Å². The van der Waals surface area contributed by atoms with Gasteiger partial charge in [-0.2, -0.15) is 0 Å². The third-order valence-corrected chi connectivity index (χ3v) is 5.98. The fourth-order valence-corrected chi connectivity index (χ4v) is 4.24. The minimum atomic E-state index is -0.370. The number of carbonyl (C=O) groups excluding carboxylic acids is 1. The summed E-state index contributed by atoms with van der Waals surface area (Å²) in [5.74, 6) is 0.245. The Morgan fingerprint density at radius 3 is 2.47 bits per heavy atom. The first-order chi connectivity index (χ1) is 15.0. The van der Waals surface area contributed by atoms with Crippen LogP contribution in [0.25, 0.3) is 10.2 Å². The SMILES string of the molecule is CCCCCOc1ccc(C(=O)N(CCCN(C)C)c2nc3c(F)cccc3s2)cc1.Cl. The van der Waals surface area contributed by atoms with Gasteiger partial charge in [0.2, 0.25) is 0 Å². The highest BCUT2D eigenvalue weighted by atomic mass is 35.5. The lowest BCUT2D eigenvalue weighted by Crippen LogP contribution is -2.33. The predicted molar refractivity (Wildman–Crippen MR) is 133 cm³/mol.